The topological polar surface area (TPSA) is 189 Å². The van der Waals surface area contributed by atoms with E-state index in [1.54, 1.807) is 0 Å². The number of H-pyrrole nitrogens is 1. The molecule has 2 heterocycles. The lowest BCUT2D eigenvalue weighted by molar-refractivity contribution is -0.125. The number of aromatic nitrogens is 2. The highest BCUT2D eigenvalue weighted by Gasteiger charge is 2.35. The van der Waals surface area contributed by atoms with Crippen LogP contribution in [0.25, 0.3) is 0 Å². The Bertz CT molecular complexity index is 789. The first-order valence-electron chi connectivity index (χ1n) is 7.87. The molecule has 4 atom stereocenters. The van der Waals surface area contributed by atoms with Gasteiger partial charge in [-0.3, -0.25) is 23.9 Å². The fourth-order valence-electron chi connectivity index (χ4n) is 2.45. The lowest BCUT2D eigenvalue weighted by Gasteiger charge is -2.17. The molecule has 0 radical (unpaired) electrons. The second kappa shape index (κ2) is 8.23. The maximum absolute atomic E-state index is 12.1. The summed E-state index contributed by atoms with van der Waals surface area (Å²) in [4.78, 5) is 49.2. The molecule has 0 saturated carbocycles. The average molecular weight is 371 g/mol. The summed E-state index contributed by atoms with van der Waals surface area (Å²) in [5, 5.41) is 23.5. The van der Waals surface area contributed by atoms with Gasteiger partial charge in [-0.1, -0.05) is 0 Å². The minimum Gasteiger partial charge on any atom is -0.394 e. The van der Waals surface area contributed by atoms with Gasteiger partial charge in [0, 0.05) is 12.6 Å². The summed E-state index contributed by atoms with van der Waals surface area (Å²) in [6.45, 7) is 0.670. The van der Waals surface area contributed by atoms with Crippen molar-refractivity contribution in [3.8, 4) is 0 Å². The summed E-state index contributed by atoms with van der Waals surface area (Å²) in [5.74, 6) is -1.24. The number of amides is 2. The first-order valence-corrected chi connectivity index (χ1v) is 7.87. The normalized spacial score (nSPS) is 23.5. The Morgan fingerprint density at radius 3 is 2.77 bits per heavy atom. The molecule has 0 aliphatic carbocycles. The highest BCUT2D eigenvalue weighted by molar-refractivity contribution is 5.96. The van der Waals surface area contributed by atoms with E-state index in [1.807, 2.05) is 4.98 Å². The SMILES string of the molecule is C[C@H](NC(=O)CN)C(=O)Nc1cn([C@H]2C[C@H](O)[C@@H](CO)O2)c(=O)[nH]c1=O. The van der Waals surface area contributed by atoms with Crippen LogP contribution >= 0.6 is 0 Å². The minimum atomic E-state index is -0.978. The van der Waals surface area contributed by atoms with E-state index in [0.29, 0.717) is 0 Å². The van der Waals surface area contributed by atoms with Gasteiger partial charge in [-0.25, -0.2) is 4.79 Å². The molecule has 0 aromatic carbocycles. The molecule has 1 aliphatic rings. The van der Waals surface area contributed by atoms with Gasteiger partial charge in [0.05, 0.1) is 19.3 Å². The van der Waals surface area contributed by atoms with Crippen molar-refractivity contribution in [2.24, 2.45) is 5.73 Å². The second-order valence-corrected chi connectivity index (χ2v) is 5.81. The van der Waals surface area contributed by atoms with Crippen LogP contribution in [-0.2, 0) is 14.3 Å². The van der Waals surface area contributed by atoms with Gasteiger partial charge in [-0.15, -0.1) is 0 Å². The van der Waals surface area contributed by atoms with Gasteiger partial charge >= 0.3 is 5.69 Å². The Hall–Kier alpha value is -2.54. The van der Waals surface area contributed by atoms with Gasteiger partial charge in [0.1, 0.15) is 24.1 Å². The summed E-state index contributed by atoms with van der Waals surface area (Å²) >= 11 is 0. The molecule has 1 aliphatic heterocycles. The molecular weight excluding hydrogens is 350 g/mol. The van der Waals surface area contributed by atoms with E-state index in [1.165, 1.54) is 6.92 Å². The number of hydrogen-bond acceptors (Lipinski definition) is 8. The summed E-state index contributed by atoms with van der Waals surface area (Å²) in [5.41, 5.74) is 3.27. The molecule has 12 heteroatoms. The van der Waals surface area contributed by atoms with E-state index in [-0.39, 0.29) is 18.7 Å². The molecule has 7 N–H and O–H groups in total. The number of nitrogens with zero attached hydrogens (tertiary/aromatic N) is 1. The van der Waals surface area contributed by atoms with E-state index in [0.717, 1.165) is 10.8 Å². The fraction of sp³-hybridized carbons (Fsp3) is 0.571. The molecule has 2 amide bonds. The zero-order valence-corrected chi connectivity index (χ0v) is 14.0. The quantitative estimate of drug-likeness (QED) is 0.298. The maximum atomic E-state index is 12.1. The number of nitrogens with two attached hydrogens (primary N) is 1. The van der Waals surface area contributed by atoms with Crippen LogP contribution in [0.3, 0.4) is 0 Å². The summed E-state index contributed by atoms with van der Waals surface area (Å²) in [6, 6.07) is -0.964. The first kappa shape index (κ1) is 19.8. The minimum absolute atomic E-state index is 0.0214. The van der Waals surface area contributed by atoms with Crippen molar-refractivity contribution >= 4 is 17.5 Å². The third-order valence-corrected chi connectivity index (χ3v) is 3.88. The molecule has 1 aromatic rings. The van der Waals surface area contributed by atoms with E-state index in [9.17, 15) is 24.3 Å². The van der Waals surface area contributed by atoms with Crippen LogP contribution in [0, 0.1) is 0 Å². The van der Waals surface area contributed by atoms with Crippen LogP contribution in [0.1, 0.15) is 19.6 Å². The maximum Gasteiger partial charge on any atom is 0.330 e. The smallest absolute Gasteiger partial charge is 0.330 e. The second-order valence-electron chi connectivity index (χ2n) is 5.81. The molecule has 0 unspecified atom stereocenters. The van der Waals surface area contributed by atoms with Crippen LogP contribution in [0.2, 0.25) is 0 Å². The number of aliphatic hydroxyl groups is 2. The zero-order chi connectivity index (χ0) is 19.4. The van der Waals surface area contributed by atoms with Crippen molar-refractivity contribution < 1.29 is 24.5 Å². The molecule has 0 bridgehead atoms. The summed E-state index contributed by atoms with van der Waals surface area (Å²) in [6.07, 6.45) is -1.66. The predicted molar refractivity (Wildman–Crippen MR) is 88.2 cm³/mol. The number of carbonyl (C=O) groups is 2. The van der Waals surface area contributed by atoms with E-state index < -0.39 is 54.1 Å². The van der Waals surface area contributed by atoms with Gasteiger partial charge in [0.2, 0.25) is 11.8 Å². The van der Waals surface area contributed by atoms with Crippen molar-refractivity contribution in [3.05, 3.63) is 27.0 Å². The molecule has 144 valence electrons. The molecule has 26 heavy (non-hydrogen) atoms. The van der Waals surface area contributed by atoms with E-state index in [4.69, 9.17) is 15.6 Å². The number of aliphatic hydroxyl groups excluding tert-OH is 2. The van der Waals surface area contributed by atoms with E-state index in [2.05, 4.69) is 10.6 Å². The molecular formula is C14H21N5O7. The van der Waals surface area contributed by atoms with Crippen molar-refractivity contribution in [1.29, 1.82) is 0 Å². The average Bonchev–Trinajstić information content (AvgIpc) is 2.97. The molecule has 0 spiro atoms. The molecule has 2 rings (SSSR count). The van der Waals surface area contributed by atoms with Gasteiger partial charge in [-0.05, 0) is 6.92 Å². The number of aromatic amines is 1. The standard InChI is InChI=1S/C14H21N5O7/c1-6(16-10(22)3-15)12(23)17-7-4-19(14(25)18-13(7)24)11-2-8(21)9(5-20)26-11/h4,6,8-9,11,20-21H,2-3,5,15H2,1H3,(H,16,22)(H,17,23)(H,18,24,25)/t6-,8-,9+,11+/m0/s1. The molecule has 1 saturated heterocycles. The molecule has 1 aromatic heterocycles. The first-order chi connectivity index (χ1) is 12.3. The molecule has 12 nitrogen and oxygen atoms in total. The van der Waals surface area contributed by atoms with Gasteiger partial charge in [0.15, 0.2) is 0 Å². The third kappa shape index (κ3) is 4.35. The Morgan fingerprint density at radius 2 is 2.19 bits per heavy atom. The lowest BCUT2D eigenvalue weighted by Crippen LogP contribution is -2.45. The molecule has 1 fully saturated rings. The number of nitrogens with one attached hydrogen (secondary N) is 3. The van der Waals surface area contributed by atoms with Crippen molar-refractivity contribution in [2.75, 3.05) is 18.5 Å². The van der Waals surface area contributed by atoms with Crippen LogP contribution in [0.4, 0.5) is 5.69 Å². The number of hydrogen-bond donors (Lipinski definition) is 6. The van der Waals surface area contributed by atoms with Crippen molar-refractivity contribution in [2.45, 2.75) is 37.8 Å². The highest BCUT2D eigenvalue weighted by Crippen LogP contribution is 2.27. The van der Waals surface area contributed by atoms with Gasteiger partial charge < -0.3 is 31.3 Å². The van der Waals surface area contributed by atoms with Crippen molar-refractivity contribution in [3.63, 3.8) is 0 Å². The number of rotatable bonds is 6. The zero-order valence-electron chi connectivity index (χ0n) is 14.0. The van der Waals surface area contributed by atoms with Crippen LogP contribution in [0.5, 0.6) is 0 Å². The Kier molecular flexibility index (Phi) is 6.26. The Labute approximate surface area is 147 Å². The predicted octanol–water partition coefficient (Wildman–Crippen LogP) is -3.42. The number of carbonyl (C=O) groups excluding carboxylic acids is 2. The fourth-order valence-corrected chi connectivity index (χ4v) is 2.45. The van der Waals surface area contributed by atoms with Crippen LogP contribution in [0.15, 0.2) is 15.8 Å². The van der Waals surface area contributed by atoms with Gasteiger partial charge in [-0.2, -0.15) is 0 Å². The number of anilines is 1. The van der Waals surface area contributed by atoms with Crippen molar-refractivity contribution in [1.82, 2.24) is 14.9 Å². The Morgan fingerprint density at radius 1 is 1.50 bits per heavy atom. The van der Waals surface area contributed by atoms with Crippen LogP contribution in [-0.4, -0.2) is 63.0 Å². The monoisotopic (exact) mass is 371 g/mol. The van der Waals surface area contributed by atoms with Crippen LogP contribution < -0.4 is 27.6 Å². The summed E-state index contributed by atoms with van der Waals surface area (Å²) < 4.78 is 6.36. The highest BCUT2D eigenvalue weighted by atomic mass is 16.5. The largest absolute Gasteiger partial charge is 0.394 e. The Balaban J connectivity index is 2.20. The number of ether oxygens (including phenoxy) is 1. The third-order valence-electron chi connectivity index (χ3n) is 3.88. The van der Waals surface area contributed by atoms with E-state index >= 15 is 0 Å². The summed E-state index contributed by atoms with van der Waals surface area (Å²) in [7, 11) is 0. The van der Waals surface area contributed by atoms with Gasteiger partial charge in [0.25, 0.3) is 5.56 Å². The lowest BCUT2D eigenvalue weighted by atomic mass is 10.2.